The van der Waals surface area contributed by atoms with Crippen LogP contribution in [0.5, 0.6) is 5.75 Å². The van der Waals surface area contributed by atoms with Gasteiger partial charge < -0.3 is 15.0 Å². The average Bonchev–Trinajstić information content (AvgIpc) is 2.93. The summed E-state index contributed by atoms with van der Waals surface area (Å²) in [6.07, 6.45) is 2.03. The maximum absolute atomic E-state index is 14.1. The lowest BCUT2D eigenvalue weighted by Crippen LogP contribution is -2.54. The molecular weight excluding hydrogens is 594 g/mol. The van der Waals surface area contributed by atoms with E-state index in [1.165, 1.54) is 12.0 Å². The number of hydrogen-bond donors (Lipinski definition) is 1. The van der Waals surface area contributed by atoms with Gasteiger partial charge in [0.25, 0.3) is 0 Å². The highest BCUT2D eigenvalue weighted by Crippen LogP contribution is 2.30. The third kappa shape index (κ3) is 8.56. The van der Waals surface area contributed by atoms with Gasteiger partial charge in [-0.05, 0) is 48.7 Å². The van der Waals surface area contributed by atoms with E-state index in [1.807, 2.05) is 68.4 Å². The van der Waals surface area contributed by atoms with Gasteiger partial charge in [0.1, 0.15) is 18.3 Å². The Kier molecular flexibility index (Phi) is 11.2. The van der Waals surface area contributed by atoms with E-state index in [4.69, 9.17) is 4.74 Å². The molecule has 0 radical (unpaired) electrons. The molecule has 0 unspecified atom stereocenters. The smallest absolute Gasteiger partial charge is 0.244 e. The van der Waals surface area contributed by atoms with Crippen LogP contribution in [0.2, 0.25) is 0 Å². The van der Waals surface area contributed by atoms with Crippen LogP contribution in [0.3, 0.4) is 0 Å². The van der Waals surface area contributed by atoms with Gasteiger partial charge in [-0.25, -0.2) is 8.42 Å². The zero-order valence-electron chi connectivity index (χ0n) is 23.2. The first kappa shape index (κ1) is 31.2. The first-order chi connectivity index (χ1) is 19.0. The summed E-state index contributed by atoms with van der Waals surface area (Å²) in [6.45, 7) is 3.48. The van der Waals surface area contributed by atoms with Crippen LogP contribution in [0.1, 0.15) is 31.4 Å². The number of nitrogens with zero attached hydrogens (tertiary/aromatic N) is 2. The van der Waals surface area contributed by atoms with E-state index < -0.39 is 28.5 Å². The first-order valence-corrected chi connectivity index (χ1v) is 15.7. The van der Waals surface area contributed by atoms with Gasteiger partial charge in [-0.2, -0.15) is 0 Å². The summed E-state index contributed by atoms with van der Waals surface area (Å²) in [5.74, 6) is -0.504. The van der Waals surface area contributed by atoms with E-state index >= 15 is 0 Å². The second-order valence-electron chi connectivity index (χ2n) is 9.62. The van der Waals surface area contributed by atoms with Gasteiger partial charge in [0, 0.05) is 23.5 Å². The largest absolute Gasteiger partial charge is 0.495 e. The molecule has 0 aliphatic carbocycles. The van der Waals surface area contributed by atoms with E-state index in [9.17, 15) is 18.0 Å². The number of benzene rings is 3. The lowest BCUT2D eigenvalue weighted by Gasteiger charge is -2.34. The predicted octanol–water partition coefficient (Wildman–Crippen LogP) is 4.78. The third-order valence-corrected chi connectivity index (χ3v) is 8.17. The van der Waals surface area contributed by atoms with Gasteiger partial charge in [-0.1, -0.05) is 77.5 Å². The van der Waals surface area contributed by atoms with Gasteiger partial charge in [0.05, 0.1) is 19.1 Å². The number of ether oxygens (including phenoxy) is 1. The third-order valence-electron chi connectivity index (χ3n) is 6.55. The summed E-state index contributed by atoms with van der Waals surface area (Å²) in [5.41, 5.74) is 1.91. The van der Waals surface area contributed by atoms with E-state index in [-0.39, 0.29) is 30.6 Å². The maximum Gasteiger partial charge on any atom is 0.244 e. The molecule has 0 saturated heterocycles. The number of amides is 2. The fourth-order valence-corrected chi connectivity index (χ4v) is 5.56. The molecule has 0 aromatic heterocycles. The number of halogens is 1. The highest BCUT2D eigenvalue weighted by Gasteiger charge is 2.34. The Bertz CT molecular complexity index is 1400. The minimum absolute atomic E-state index is 0.102. The van der Waals surface area contributed by atoms with Crippen LogP contribution in [0.4, 0.5) is 5.69 Å². The van der Waals surface area contributed by atoms with Crippen molar-refractivity contribution in [2.75, 3.05) is 24.2 Å². The zero-order valence-corrected chi connectivity index (χ0v) is 25.6. The van der Waals surface area contributed by atoms with Crippen LogP contribution in [-0.4, -0.2) is 57.1 Å². The molecule has 0 spiro atoms. The first-order valence-electron chi connectivity index (χ1n) is 13.0. The van der Waals surface area contributed by atoms with Crippen molar-refractivity contribution in [2.45, 2.75) is 45.3 Å². The highest BCUT2D eigenvalue weighted by atomic mass is 79.9. The molecule has 40 heavy (non-hydrogen) atoms. The summed E-state index contributed by atoms with van der Waals surface area (Å²) < 4.78 is 33.2. The molecule has 0 heterocycles. The molecule has 3 aromatic rings. The molecule has 0 bridgehead atoms. The lowest BCUT2D eigenvalue weighted by molar-refractivity contribution is -0.140. The van der Waals surface area contributed by atoms with Crippen molar-refractivity contribution in [3.63, 3.8) is 0 Å². The van der Waals surface area contributed by atoms with Crippen molar-refractivity contribution in [1.82, 2.24) is 10.2 Å². The van der Waals surface area contributed by atoms with Gasteiger partial charge in [-0.3, -0.25) is 13.9 Å². The quantitative estimate of drug-likeness (QED) is 0.294. The number of sulfonamides is 1. The summed E-state index contributed by atoms with van der Waals surface area (Å²) >= 11 is 3.48. The highest BCUT2D eigenvalue weighted by molar-refractivity contribution is 9.10. The average molecular weight is 631 g/mol. The van der Waals surface area contributed by atoms with E-state index in [2.05, 4.69) is 21.2 Å². The lowest BCUT2D eigenvalue weighted by atomic mass is 10.0. The van der Waals surface area contributed by atoms with Crippen LogP contribution in [0.25, 0.3) is 0 Å². The molecule has 10 heteroatoms. The van der Waals surface area contributed by atoms with E-state index in [0.717, 1.165) is 32.6 Å². The number of anilines is 1. The summed E-state index contributed by atoms with van der Waals surface area (Å²) in [5, 5.41) is 3.02. The molecule has 3 rings (SSSR count). The number of rotatable bonds is 13. The molecule has 0 aliphatic rings. The van der Waals surface area contributed by atoms with Crippen molar-refractivity contribution < 1.29 is 22.7 Å². The van der Waals surface area contributed by atoms with Crippen molar-refractivity contribution in [3.05, 3.63) is 94.5 Å². The van der Waals surface area contributed by atoms with Crippen molar-refractivity contribution in [2.24, 2.45) is 0 Å². The summed E-state index contributed by atoms with van der Waals surface area (Å²) in [4.78, 5) is 29.3. The Labute approximate surface area is 245 Å². The van der Waals surface area contributed by atoms with Crippen LogP contribution in [0, 0.1) is 0 Å². The number of methoxy groups -OCH3 is 1. The molecule has 0 aliphatic heterocycles. The Morgan fingerprint density at radius 3 is 2.25 bits per heavy atom. The number of para-hydroxylation sites is 2. The Morgan fingerprint density at radius 2 is 1.62 bits per heavy atom. The Morgan fingerprint density at radius 1 is 0.975 bits per heavy atom. The second-order valence-corrected chi connectivity index (χ2v) is 12.4. The van der Waals surface area contributed by atoms with Gasteiger partial charge in [0.2, 0.25) is 21.8 Å². The molecule has 2 atom stereocenters. The minimum atomic E-state index is -3.89. The molecule has 8 nitrogen and oxygen atoms in total. The maximum atomic E-state index is 14.1. The zero-order chi connectivity index (χ0) is 29.3. The number of carbonyl (C=O) groups excluding carboxylic acids is 2. The second kappa shape index (κ2) is 14.3. The molecule has 0 fully saturated rings. The van der Waals surface area contributed by atoms with Crippen LogP contribution in [0.15, 0.2) is 83.3 Å². The number of hydrogen-bond acceptors (Lipinski definition) is 5. The summed E-state index contributed by atoms with van der Waals surface area (Å²) in [6, 6.07) is 22.6. The van der Waals surface area contributed by atoms with E-state index in [0.29, 0.717) is 5.75 Å². The SMILES string of the molecule is CC[C@H](C)NC(=O)[C@@H](Cc1ccccc1)N(Cc1cccc(Br)c1)C(=O)CN(c1ccccc1OC)S(C)(=O)=O. The normalized spacial score (nSPS) is 12.7. The fourth-order valence-electron chi connectivity index (χ4n) is 4.26. The number of nitrogens with one attached hydrogen (secondary N) is 1. The van der Waals surface area contributed by atoms with Crippen LogP contribution in [-0.2, 0) is 32.6 Å². The number of carbonyl (C=O) groups is 2. The van der Waals surface area contributed by atoms with E-state index in [1.54, 1.807) is 24.3 Å². The van der Waals surface area contributed by atoms with Crippen molar-refractivity contribution >= 4 is 43.5 Å². The van der Waals surface area contributed by atoms with Crippen LogP contribution >= 0.6 is 15.9 Å². The topological polar surface area (TPSA) is 96.0 Å². The monoisotopic (exact) mass is 629 g/mol. The van der Waals surface area contributed by atoms with Gasteiger partial charge >= 0.3 is 0 Å². The van der Waals surface area contributed by atoms with Gasteiger partial charge in [-0.15, -0.1) is 0 Å². The molecule has 2 amide bonds. The fraction of sp³-hybridized carbons (Fsp3) is 0.333. The Balaban J connectivity index is 2.08. The molecular formula is C30H36BrN3O5S. The molecule has 214 valence electrons. The molecule has 3 aromatic carbocycles. The summed E-state index contributed by atoms with van der Waals surface area (Å²) in [7, 11) is -2.45. The Hall–Kier alpha value is -3.37. The van der Waals surface area contributed by atoms with Crippen molar-refractivity contribution in [1.29, 1.82) is 0 Å². The standard InChI is InChI=1S/C30H36BrN3O5S/c1-5-22(2)32-30(36)27(19-23-12-7-6-8-13-23)33(20-24-14-11-15-25(31)18-24)29(35)21-34(40(4,37)38)26-16-9-10-17-28(26)39-3/h6-18,22,27H,5,19-21H2,1-4H3,(H,32,36)/t22-,27+/m0/s1. The van der Waals surface area contributed by atoms with Crippen molar-refractivity contribution in [3.8, 4) is 5.75 Å². The molecule has 0 saturated carbocycles. The minimum Gasteiger partial charge on any atom is -0.495 e. The predicted molar refractivity (Wildman–Crippen MR) is 162 cm³/mol. The molecule has 1 N–H and O–H groups in total. The van der Waals surface area contributed by atoms with Crippen LogP contribution < -0.4 is 14.4 Å². The van der Waals surface area contributed by atoms with Gasteiger partial charge in [0.15, 0.2) is 0 Å².